The summed E-state index contributed by atoms with van der Waals surface area (Å²) in [5.74, 6) is -0.180. The van der Waals surface area contributed by atoms with Gasteiger partial charge in [-0.05, 0) is 44.4 Å². The first-order valence-electron chi connectivity index (χ1n) is 6.53. The molecule has 98 valence electrons. The second-order valence-electron chi connectivity index (χ2n) is 5.31. The lowest BCUT2D eigenvalue weighted by Gasteiger charge is -2.25. The van der Waals surface area contributed by atoms with E-state index in [1.54, 1.807) is 0 Å². The van der Waals surface area contributed by atoms with Crippen LogP contribution in [0.3, 0.4) is 0 Å². The van der Waals surface area contributed by atoms with Gasteiger partial charge in [0, 0.05) is 17.6 Å². The van der Waals surface area contributed by atoms with E-state index in [2.05, 4.69) is 5.32 Å². The van der Waals surface area contributed by atoms with Crippen molar-refractivity contribution in [2.24, 2.45) is 0 Å². The number of hydrogen-bond acceptors (Lipinski definition) is 3. The van der Waals surface area contributed by atoms with Gasteiger partial charge in [0.15, 0.2) is 0 Å². The van der Waals surface area contributed by atoms with E-state index >= 15 is 0 Å². The zero-order valence-electron chi connectivity index (χ0n) is 10.4. The van der Waals surface area contributed by atoms with Crippen molar-refractivity contribution in [3.63, 3.8) is 0 Å². The van der Waals surface area contributed by atoms with E-state index in [9.17, 15) is 9.50 Å². The highest BCUT2D eigenvalue weighted by atomic mass is 19.1. The maximum atomic E-state index is 13.2. The molecular formula is C14H18FNO2. The fourth-order valence-corrected chi connectivity index (χ4v) is 3.10. The maximum absolute atomic E-state index is 13.2. The Bertz CT molecular complexity index is 451. The molecule has 3 nitrogen and oxygen atoms in total. The van der Waals surface area contributed by atoms with Gasteiger partial charge in [0.2, 0.25) is 0 Å². The largest absolute Gasteiger partial charge is 0.508 e. The SMILES string of the molecule is CC(NC1CC2CCC1O2)c1cc(F)ccc1O. The molecule has 2 fully saturated rings. The Morgan fingerprint density at radius 3 is 2.94 bits per heavy atom. The van der Waals surface area contributed by atoms with Crippen molar-refractivity contribution >= 4 is 0 Å². The van der Waals surface area contributed by atoms with Crippen LogP contribution >= 0.6 is 0 Å². The number of halogens is 1. The lowest BCUT2D eigenvalue weighted by molar-refractivity contribution is 0.0962. The van der Waals surface area contributed by atoms with Crippen LogP contribution in [0.25, 0.3) is 0 Å². The second-order valence-corrected chi connectivity index (χ2v) is 5.31. The number of benzene rings is 1. The molecule has 0 saturated carbocycles. The predicted molar refractivity (Wildman–Crippen MR) is 65.9 cm³/mol. The number of fused-ring (bicyclic) bond motifs is 2. The molecule has 2 aliphatic heterocycles. The summed E-state index contributed by atoms with van der Waals surface area (Å²) in [6.45, 7) is 1.94. The van der Waals surface area contributed by atoms with Crippen molar-refractivity contribution in [2.75, 3.05) is 0 Å². The van der Waals surface area contributed by atoms with E-state index in [0.717, 1.165) is 19.3 Å². The summed E-state index contributed by atoms with van der Waals surface area (Å²) in [7, 11) is 0. The van der Waals surface area contributed by atoms with Crippen LogP contribution < -0.4 is 5.32 Å². The maximum Gasteiger partial charge on any atom is 0.123 e. The Hall–Kier alpha value is -1.13. The molecule has 0 aromatic heterocycles. The fraction of sp³-hybridized carbons (Fsp3) is 0.571. The lowest BCUT2D eigenvalue weighted by atomic mass is 9.94. The summed E-state index contributed by atoms with van der Waals surface area (Å²) < 4.78 is 19.0. The van der Waals surface area contributed by atoms with Crippen molar-refractivity contribution in [2.45, 2.75) is 50.5 Å². The highest BCUT2D eigenvalue weighted by Gasteiger charge is 2.41. The van der Waals surface area contributed by atoms with E-state index in [1.165, 1.54) is 18.2 Å². The number of phenolic OH excluding ortho intramolecular Hbond substituents is 1. The average molecular weight is 251 g/mol. The lowest BCUT2D eigenvalue weighted by Crippen LogP contribution is -2.39. The molecule has 2 aliphatic rings. The Morgan fingerprint density at radius 2 is 2.28 bits per heavy atom. The van der Waals surface area contributed by atoms with Crippen LogP contribution in [0, 0.1) is 5.82 Å². The Balaban J connectivity index is 1.71. The van der Waals surface area contributed by atoms with Gasteiger partial charge in [-0.1, -0.05) is 0 Å². The third kappa shape index (κ3) is 2.10. The number of hydrogen-bond donors (Lipinski definition) is 2. The number of ether oxygens (including phenoxy) is 1. The van der Waals surface area contributed by atoms with Gasteiger partial charge >= 0.3 is 0 Å². The summed E-state index contributed by atoms with van der Waals surface area (Å²) in [6.07, 6.45) is 3.95. The van der Waals surface area contributed by atoms with Crippen LogP contribution in [0.1, 0.15) is 37.8 Å². The number of aromatic hydroxyl groups is 1. The van der Waals surface area contributed by atoms with E-state index in [-0.39, 0.29) is 23.7 Å². The molecule has 4 heteroatoms. The zero-order chi connectivity index (χ0) is 12.7. The summed E-state index contributed by atoms with van der Waals surface area (Å²) in [5.41, 5.74) is 0.609. The van der Waals surface area contributed by atoms with Gasteiger partial charge in [-0.2, -0.15) is 0 Å². The molecule has 2 heterocycles. The number of rotatable bonds is 3. The summed E-state index contributed by atoms with van der Waals surface area (Å²) >= 11 is 0. The average Bonchev–Trinajstić information content (AvgIpc) is 2.94. The quantitative estimate of drug-likeness (QED) is 0.867. The molecule has 3 rings (SSSR count). The third-order valence-electron chi connectivity index (χ3n) is 4.03. The van der Waals surface area contributed by atoms with Gasteiger partial charge in [0.1, 0.15) is 11.6 Å². The van der Waals surface area contributed by atoms with Crippen LogP contribution in [0.5, 0.6) is 5.75 Å². The molecule has 2 N–H and O–H groups in total. The highest BCUT2D eigenvalue weighted by molar-refractivity contribution is 5.35. The monoisotopic (exact) mass is 251 g/mol. The fourth-order valence-electron chi connectivity index (χ4n) is 3.10. The minimum absolute atomic E-state index is 0.0753. The van der Waals surface area contributed by atoms with Crippen molar-refractivity contribution in [1.82, 2.24) is 5.32 Å². The molecule has 2 saturated heterocycles. The van der Waals surface area contributed by atoms with E-state index in [4.69, 9.17) is 4.74 Å². The van der Waals surface area contributed by atoms with Crippen LogP contribution in [0.2, 0.25) is 0 Å². The molecule has 0 aliphatic carbocycles. The molecule has 2 bridgehead atoms. The van der Waals surface area contributed by atoms with Crippen LogP contribution in [-0.4, -0.2) is 23.4 Å². The Labute approximate surface area is 106 Å². The van der Waals surface area contributed by atoms with Crippen LogP contribution in [0.4, 0.5) is 4.39 Å². The summed E-state index contributed by atoms with van der Waals surface area (Å²) in [6, 6.07) is 4.31. The molecule has 1 aromatic carbocycles. The smallest absolute Gasteiger partial charge is 0.123 e. The highest BCUT2D eigenvalue weighted by Crippen LogP contribution is 2.36. The molecule has 18 heavy (non-hydrogen) atoms. The summed E-state index contributed by atoms with van der Waals surface area (Å²) in [5, 5.41) is 13.2. The first kappa shape index (κ1) is 11.9. The topological polar surface area (TPSA) is 41.5 Å². The third-order valence-corrected chi connectivity index (χ3v) is 4.03. The first-order valence-corrected chi connectivity index (χ1v) is 6.53. The zero-order valence-corrected chi connectivity index (χ0v) is 10.4. The molecule has 0 amide bonds. The standard InChI is InChI=1S/C14H18FNO2/c1-8(11-6-9(15)2-4-13(11)17)16-12-7-10-3-5-14(12)18-10/h2,4,6,8,10,12,14,16-17H,3,5,7H2,1H3. The first-order chi connectivity index (χ1) is 8.63. The predicted octanol–water partition coefficient (Wildman–Crippen LogP) is 2.50. The van der Waals surface area contributed by atoms with Crippen molar-refractivity contribution in [3.8, 4) is 5.75 Å². The van der Waals surface area contributed by atoms with Gasteiger partial charge in [-0.25, -0.2) is 4.39 Å². The van der Waals surface area contributed by atoms with Gasteiger partial charge in [-0.3, -0.25) is 0 Å². The Morgan fingerprint density at radius 1 is 1.44 bits per heavy atom. The molecule has 4 atom stereocenters. The van der Waals surface area contributed by atoms with Gasteiger partial charge in [-0.15, -0.1) is 0 Å². The Kier molecular flexibility index (Phi) is 2.99. The molecular weight excluding hydrogens is 233 g/mol. The van der Waals surface area contributed by atoms with Gasteiger partial charge in [0.05, 0.1) is 12.2 Å². The molecule has 1 aromatic rings. The molecule has 0 spiro atoms. The van der Waals surface area contributed by atoms with E-state index in [0.29, 0.717) is 17.7 Å². The normalized spacial score (nSPS) is 31.8. The van der Waals surface area contributed by atoms with Crippen molar-refractivity contribution in [1.29, 1.82) is 0 Å². The molecule has 4 unspecified atom stereocenters. The minimum Gasteiger partial charge on any atom is -0.508 e. The minimum atomic E-state index is -0.319. The van der Waals surface area contributed by atoms with Crippen molar-refractivity contribution < 1.29 is 14.2 Å². The number of phenols is 1. The van der Waals surface area contributed by atoms with Crippen LogP contribution in [0.15, 0.2) is 18.2 Å². The van der Waals surface area contributed by atoms with Gasteiger partial charge < -0.3 is 15.2 Å². The van der Waals surface area contributed by atoms with Gasteiger partial charge in [0.25, 0.3) is 0 Å². The van der Waals surface area contributed by atoms with Crippen molar-refractivity contribution in [3.05, 3.63) is 29.6 Å². The molecule has 0 radical (unpaired) electrons. The second kappa shape index (κ2) is 4.52. The van der Waals surface area contributed by atoms with Crippen LogP contribution in [-0.2, 0) is 4.74 Å². The van der Waals surface area contributed by atoms with E-state index < -0.39 is 0 Å². The summed E-state index contributed by atoms with van der Waals surface area (Å²) in [4.78, 5) is 0. The number of nitrogens with one attached hydrogen (secondary N) is 1. The van der Waals surface area contributed by atoms with E-state index in [1.807, 2.05) is 6.92 Å².